The van der Waals surface area contributed by atoms with E-state index in [1.54, 1.807) is 42.5 Å². The van der Waals surface area contributed by atoms with Gasteiger partial charge in [0.1, 0.15) is 17.3 Å². The topological polar surface area (TPSA) is 136 Å². The van der Waals surface area contributed by atoms with E-state index in [2.05, 4.69) is 0 Å². The van der Waals surface area contributed by atoms with Crippen LogP contribution in [-0.4, -0.2) is 38.4 Å². The van der Waals surface area contributed by atoms with Crippen molar-refractivity contribution in [2.24, 2.45) is 5.14 Å². The Balaban J connectivity index is 1.88. The zero-order chi connectivity index (χ0) is 27.8. The number of hydrogen-bond acceptors (Lipinski definition) is 7. The van der Waals surface area contributed by atoms with Crippen LogP contribution >= 0.6 is 0 Å². The molecule has 1 aliphatic heterocycles. The van der Waals surface area contributed by atoms with E-state index in [-0.39, 0.29) is 28.0 Å². The molecule has 3 aromatic rings. The van der Waals surface area contributed by atoms with E-state index in [1.165, 1.54) is 36.3 Å². The molecular formula is C28H28N2O7S. The number of nitrogens with two attached hydrogens (primary N) is 1. The summed E-state index contributed by atoms with van der Waals surface area (Å²) in [6.07, 6.45) is -0.0470. The Morgan fingerprint density at radius 2 is 1.63 bits per heavy atom. The van der Waals surface area contributed by atoms with Crippen LogP contribution < -0.4 is 19.5 Å². The lowest BCUT2D eigenvalue weighted by molar-refractivity contribution is -0.132. The normalized spacial score (nSPS) is 17.2. The summed E-state index contributed by atoms with van der Waals surface area (Å²) in [4.78, 5) is 27.8. The van der Waals surface area contributed by atoms with Gasteiger partial charge in [0.15, 0.2) is 0 Å². The van der Waals surface area contributed by atoms with Gasteiger partial charge in [-0.15, -0.1) is 0 Å². The fourth-order valence-electron chi connectivity index (χ4n) is 4.34. The highest BCUT2D eigenvalue weighted by molar-refractivity contribution is 7.89. The molecule has 1 aliphatic rings. The first kappa shape index (κ1) is 26.9. The lowest BCUT2D eigenvalue weighted by atomic mass is 9.94. The van der Waals surface area contributed by atoms with Crippen LogP contribution in [0.1, 0.15) is 36.6 Å². The quantitative estimate of drug-likeness (QED) is 0.264. The fourth-order valence-corrected chi connectivity index (χ4v) is 4.85. The first-order valence-electron chi connectivity index (χ1n) is 11.8. The molecule has 0 aromatic heterocycles. The number of aryl methyl sites for hydroxylation is 1. The average molecular weight is 537 g/mol. The minimum absolute atomic E-state index is 0.0470. The molecule has 1 unspecified atom stereocenters. The number of rotatable bonds is 7. The summed E-state index contributed by atoms with van der Waals surface area (Å²) < 4.78 is 34.4. The monoisotopic (exact) mass is 536 g/mol. The lowest BCUT2D eigenvalue weighted by Crippen LogP contribution is -2.29. The van der Waals surface area contributed by atoms with E-state index in [0.717, 1.165) is 5.56 Å². The van der Waals surface area contributed by atoms with Gasteiger partial charge in [-0.1, -0.05) is 12.1 Å². The molecule has 3 N–H and O–H groups in total. The van der Waals surface area contributed by atoms with Gasteiger partial charge in [-0.2, -0.15) is 0 Å². The number of ether oxygens (including phenoxy) is 2. The van der Waals surface area contributed by atoms with Gasteiger partial charge >= 0.3 is 0 Å². The van der Waals surface area contributed by atoms with Crippen molar-refractivity contribution in [3.05, 3.63) is 89.0 Å². The number of methoxy groups -OCH3 is 1. The highest BCUT2D eigenvalue weighted by Gasteiger charge is 2.47. The van der Waals surface area contributed by atoms with Crippen molar-refractivity contribution in [2.45, 2.75) is 37.8 Å². The minimum Gasteiger partial charge on any atom is -0.507 e. The molecule has 38 heavy (non-hydrogen) atoms. The summed E-state index contributed by atoms with van der Waals surface area (Å²) in [7, 11) is -2.44. The van der Waals surface area contributed by atoms with Gasteiger partial charge in [0.2, 0.25) is 10.0 Å². The molecule has 1 heterocycles. The van der Waals surface area contributed by atoms with E-state index >= 15 is 0 Å². The van der Waals surface area contributed by atoms with E-state index < -0.39 is 27.8 Å². The van der Waals surface area contributed by atoms with Crippen molar-refractivity contribution < 1.29 is 32.6 Å². The molecule has 0 bridgehead atoms. The first-order chi connectivity index (χ1) is 17.9. The van der Waals surface area contributed by atoms with Crippen LogP contribution in [0.4, 0.5) is 5.69 Å². The number of Topliss-reactive ketones (excluding diaryl/α,β-unsaturated/α-hetero) is 1. The Kier molecular flexibility index (Phi) is 7.30. The number of carbonyl (C=O) groups excluding carboxylic acids is 2. The third-order valence-electron chi connectivity index (χ3n) is 6.13. The molecule has 1 amide bonds. The zero-order valence-electron chi connectivity index (χ0n) is 21.3. The molecule has 0 saturated carbocycles. The van der Waals surface area contributed by atoms with Gasteiger partial charge in [0, 0.05) is 11.3 Å². The Morgan fingerprint density at radius 1 is 1.00 bits per heavy atom. The van der Waals surface area contributed by atoms with E-state index in [0.29, 0.717) is 22.6 Å². The van der Waals surface area contributed by atoms with Crippen LogP contribution in [-0.2, 0) is 19.6 Å². The standard InChI is InChI=1S/C28H28N2O7S/c1-16(2)37-23-14-7-19(15-17(23)3)26(31)24-25(18-5-10-21(36-4)11-6-18)30(28(33)27(24)32)20-8-12-22(13-9-20)38(29,34)35/h5-16,25,31H,1-4H3,(H2,29,34,35)/b26-24+. The number of sulfonamides is 1. The first-order valence-corrected chi connectivity index (χ1v) is 13.3. The molecule has 4 rings (SSSR count). The van der Waals surface area contributed by atoms with Gasteiger partial charge < -0.3 is 14.6 Å². The van der Waals surface area contributed by atoms with Crippen molar-refractivity contribution in [1.29, 1.82) is 0 Å². The van der Waals surface area contributed by atoms with Gasteiger partial charge in [-0.05, 0) is 86.5 Å². The molecule has 3 aromatic carbocycles. The molecule has 0 aliphatic carbocycles. The van der Waals surface area contributed by atoms with Crippen LogP contribution in [0.3, 0.4) is 0 Å². The molecule has 0 radical (unpaired) electrons. The van der Waals surface area contributed by atoms with Crippen molar-refractivity contribution in [1.82, 2.24) is 0 Å². The fraction of sp³-hybridized carbons (Fsp3) is 0.214. The molecule has 198 valence electrons. The Morgan fingerprint density at radius 3 is 2.16 bits per heavy atom. The predicted octanol–water partition coefficient (Wildman–Crippen LogP) is 4.06. The van der Waals surface area contributed by atoms with Crippen LogP contribution in [0.15, 0.2) is 77.2 Å². The third-order valence-corrected chi connectivity index (χ3v) is 7.06. The van der Waals surface area contributed by atoms with Crippen molar-refractivity contribution in [3.63, 3.8) is 0 Å². The number of ketones is 1. The minimum atomic E-state index is -3.96. The van der Waals surface area contributed by atoms with Gasteiger partial charge in [-0.25, -0.2) is 13.6 Å². The van der Waals surface area contributed by atoms with E-state index in [1.807, 2.05) is 20.8 Å². The van der Waals surface area contributed by atoms with Gasteiger partial charge in [-0.3, -0.25) is 14.5 Å². The average Bonchev–Trinajstić information content (AvgIpc) is 3.14. The van der Waals surface area contributed by atoms with Crippen LogP contribution in [0.25, 0.3) is 5.76 Å². The van der Waals surface area contributed by atoms with E-state index in [9.17, 15) is 23.1 Å². The second kappa shape index (κ2) is 10.3. The largest absolute Gasteiger partial charge is 0.507 e. The summed E-state index contributed by atoms with van der Waals surface area (Å²) in [6.45, 7) is 5.62. The summed E-state index contributed by atoms with van der Waals surface area (Å²) in [5, 5.41) is 16.6. The molecule has 1 saturated heterocycles. The number of anilines is 1. The maximum atomic E-state index is 13.4. The number of aliphatic hydroxyl groups excluding tert-OH is 1. The van der Waals surface area contributed by atoms with Crippen molar-refractivity contribution in [3.8, 4) is 11.5 Å². The SMILES string of the molecule is COc1ccc(C2/C(=C(\O)c3ccc(OC(C)C)c(C)c3)C(=O)C(=O)N2c2ccc(S(N)(=O)=O)cc2)cc1. The highest BCUT2D eigenvalue weighted by Crippen LogP contribution is 2.43. The molecule has 1 fully saturated rings. The molecule has 1 atom stereocenters. The van der Waals surface area contributed by atoms with Crippen LogP contribution in [0, 0.1) is 6.92 Å². The summed E-state index contributed by atoms with van der Waals surface area (Å²) in [5.41, 5.74) is 1.79. The Bertz CT molecular complexity index is 1530. The number of primary sulfonamides is 1. The number of nitrogens with zero attached hydrogens (tertiary/aromatic N) is 1. The maximum absolute atomic E-state index is 13.4. The maximum Gasteiger partial charge on any atom is 0.300 e. The summed E-state index contributed by atoms with van der Waals surface area (Å²) in [6, 6.07) is 16.1. The summed E-state index contributed by atoms with van der Waals surface area (Å²) in [5.74, 6) is -0.878. The molecule has 10 heteroatoms. The number of carbonyl (C=O) groups is 2. The number of amides is 1. The predicted molar refractivity (Wildman–Crippen MR) is 143 cm³/mol. The zero-order valence-corrected chi connectivity index (χ0v) is 22.2. The third kappa shape index (κ3) is 5.13. The number of benzene rings is 3. The van der Waals surface area contributed by atoms with Crippen LogP contribution in [0.5, 0.6) is 11.5 Å². The highest BCUT2D eigenvalue weighted by atomic mass is 32.2. The molecule has 0 spiro atoms. The smallest absolute Gasteiger partial charge is 0.300 e. The molecule has 9 nitrogen and oxygen atoms in total. The van der Waals surface area contributed by atoms with Crippen LogP contribution in [0.2, 0.25) is 0 Å². The Hall–Kier alpha value is -4.15. The lowest BCUT2D eigenvalue weighted by Gasteiger charge is -2.25. The van der Waals surface area contributed by atoms with Gasteiger partial charge in [0.25, 0.3) is 11.7 Å². The second-order valence-corrected chi connectivity index (χ2v) is 10.7. The number of aliphatic hydroxyl groups is 1. The van der Waals surface area contributed by atoms with Crippen molar-refractivity contribution >= 4 is 33.2 Å². The summed E-state index contributed by atoms with van der Waals surface area (Å²) >= 11 is 0. The van der Waals surface area contributed by atoms with Crippen molar-refractivity contribution in [2.75, 3.05) is 12.0 Å². The molecular weight excluding hydrogens is 508 g/mol. The van der Waals surface area contributed by atoms with Gasteiger partial charge in [0.05, 0.1) is 29.7 Å². The van der Waals surface area contributed by atoms with E-state index in [4.69, 9.17) is 14.6 Å². The Labute approximate surface area is 221 Å². The second-order valence-electron chi connectivity index (χ2n) is 9.13. The number of hydrogen-bond donors (Lipinski definition) is 2.